The summed E-state index contributed by atoms with van der Waals surface area (Å²) in [6, 6.07) is 13.6. The second-order valence-corrected chi connectivity index (χ2v) is 5.55. The van der Waals surface area contributed by atoms with Crippen molar-refractivity contribution >= 4 is 12.0 Å². The van der Waals surface area contributed by atoms with Crippen molar-refractivity contribution in [1.29, 1.82) is 0 Å². The van der Waals surface area contributed by atoms with E-state index in [0.29, 0.717) is 30.6 Å². The molecule has 1 aromatic carbocycles. The number of aromatic nitrogens is 1. The zero-order chi connectivity index (χ0) is 16.5. The molecule has 0 saturated heterocycles. The second kappa shape index (κ2) is 8.73. The van der Waals surface area contributed by atoms with Crippen LogP contribution >= 0.6 is 0 Å². The highest BCUT2D eigenvalue weighted by atomic mass is 16.5. The summed E-state index contributed by atoms with van der Waals surface area (Å²) in [7, 11) is 0. The van der Waals surface area contributed by atoms with Gasteiger partial charge in [-0.05, 0) is 29.7 Å². The lowest BCUT2D eigenvalue weighted by atomic mass is 10.2. The van der Waals surface area contributed by atoms with E-state index in [0.717, 1.165) is 5.56 Å². The van der Waals surface area contributed by atoms with Crippen LogP contribution in [0.25, 0.3) is 6.08 Å². The van der Waals surface area contributed by atoms with E-state index in [1.54, 1.807) is 18.3 Å². The summed E-state index contributed by atoms with van der Waals surface area (Å²) in [5.74, 6) is 0.657. The molecule has 0 amide bonds. The van der Waals surface area contributed by atoms with Crippen molar-refractivity contribution in [3.8, 4) is 5.75 Å². The van der Waals surface area contributed by atoms with Gasteiger partial charge in [-0.15, -0.1) is 0 Å². The van der Waals surface area contributed by atoms with E-state index >= 15 is 0 Å². The molecule has 0 aliphatic carbocycles. The first-order valence-electron chi connectivity index (χ1n) is 7.61. The predicted molar refractivity (Wildman–Crippen MR) is 89.8 cm³/mol. The Hall–Kier alpha value is -2.62. The normalized spacial score (nSPS) is 10.9. The van der Waals surface area contributed by atoms with E-state index in [1.807, 2.05) is 50.2 Å². The van der Waals surface area contributed by atoms with Crippen molar-refractivity contribution in [3.05, 3.63) is 66.0 Å². The number of benzene rings is 1. The number of pyridine rings is 1. The minimum atomic E-state index is -0.357. The summed E-state index contributed by atoms with van der Waals surface area (Å²) in [5, 5.41) is 0. The lowest BCUT2D eigenvalue weighted by molar-refractivity contribution is -0.138. The lowest BCUT2D eigenvalue weighted by Crippen LogP contribution is -2.07. The lowest BCUT2D eigenvalue weighted by Gasteiger charge is -2.06. The van der Waals surface area contributed by atoms with Gasteiger partial charge in [-0.25, -0.2) is 4.79 Å². The SMILES string of the molecule is CC(C)COC(=O)/C=C\c1ccc(OCc2ccccc2)cn1. The van der Waals surface area contributed by atoms with Gasteiger partial charge in [0.25, 0.3) is 0 Å². The van der Waals surface area contributed by atoms with E-state index in [2.05, 4.69) is 4.98 Å². The third-order valence-corrected chi connectivity index (χ3v) is 2.96. The van der Waals surface area contributed by atoms with Crippen molar-refractivity contribution in [2.75, 3.05) is 6.61 Å². The monoisotopic (exact) mass is 311 g/mol. The fraction of sp³-hybridized carbons (Fsp3) is 0.263. The van der Waals surface area contributed by atoms with E-state index < -0.39 is 0 Å². The number of ether oxygens (including phenoxy) is 2. The molecule has 0 saturated carbocycles. The van der Waals surface area contributed by atoms with Gasteiger partial charge in [0.2, 0.25) is 0 Å². The second-order valence-electron chi connectivity index (χ2n) is 5.55. The maximum atomic E-state index is 11.5. The first-order chi connectivity index (χ1) is 11.1. The molecule has 1 aromatic heterocycles. The van der Waals surface area contributed by atoms with E-state index in [-0.39, 0.29) is 5.97 Å². The summed E-state index contributed by atoms with van der Waals surface area (Å²) in [6.07, 6.45) is 4.65. The average molecular weight is 311 g/mol. The Balaban J connectivity index is 1.83. The van der Waals surface area contributed by atoms with Gasteiger partial charge in [0, 0.05) is 6.08 Å². The Morgan fingerprint density at radius 2 is 1.96 bits per heavy atom. The van der Waals surface area contributed by atoms with Crippen LogP contribution in [0.15, 0.2) is 54.7 Å². The third kappa shape index (κ3) is 6.34. The van der Waals surface area contributed by atoms with Crippen molar-refractivity contribution in [1.82, 2.24) is 4.98 Å². The summed E-state index contributed by atoms with van der Waals surface area (Å²) in [4.78, 5) is 15.7. The molecule has 2 aromatic rings. The highest BCUT2D eigenvalue weighted by Gasteiger charge is 2.00. The molecule has 120 valence electrons. The highest BCUT2D eigenvalue weighted by Crippen LogP contribution is 2.12. The Kier molecular flexibility index (Phi) is 6.36. The first kappa shape index (κ1) is 16.7. The van der Waals surface area contributed by atoms with E-state index in [4.69, 9.17) is 9.47 Å². The van der Waals surface area contributed by atoms with Crippen LogP contribution in [0, 0.1) is 5.92 Å². The zero-order valence-electron chi connectivity index (χ0n) is 13.4. The summed E-state index contributed by atoms with van der Waals surface area (Å²) in [5.41, 5.74) is 1.78. The molecule has 0 bridgehead atoms. The minimum absolute atomic E-state index is 0.325. The van der Waals surface area contributed by atoms with Gasteiger partial charge in [-0.2, -0.15) is 0 Å². The van der Waals surface area contributed by atoms with Gasteiger partial charge in [-0.3, -0.25) is 4.98 Å². The molecule has 0 radical (unpaired) electrons. The van der Waals surface area contributed by atoms with E-state index in [1.165, 1.54) is 6.08 Å². The summed E-state index contributed by atoms with van der Waals surface area (Å²) in [6.45, 7) is 4.90. The van der Waals surface area contributed by atoms with Gasteiger partial charge in [0.05, 0.1) is 18.5 Å². The smallest absolute Gasteiger partial charge is 0.330 e. The maximum absolute atomic E-state index is 11.5. The number of nitrogens with zero attached hydrogens (tertiary/aromatic N) is 1. The van der Waals surface area contributed by atoms with Crippen LogP contribution in [0.5, 0.6) is 5.75 Å². The number of rotatable bonds is 7. The van der Waals surface area contributed by atoms with Crippen molar-refractivity contribution in [3.63, 3.8) is 0 Å². The molecule has 0 aliphatic heterocycles. The van der Waals surface area contributed by atoms with Crippen LogP contribution < -0.4 is 4.74 Å². The molecule has 0 N–H and O–H groups in total. The molecule has 0 spiro atoms. The number of hydrogen-bond acceptors (Lipinski definition) is 4. The highest BCUT2D eigenvalue weighted by molar-refractivity contribution is 5.86. The molecule has 0 atom stereocenters. The quantitative estimate of drug-likeness (QED) is 0.575. The first-order valence-corrected chi connectivity index (χ1v) is 7.61. The molecule has 4 nitrogen and oxygen atoms in total. The fourth-order valence-electron chi connectivity index (χ4n) is 1.77. The van der Waals surface area contributed by atoms with Crippen molar-refractivity contribution in [2.45, 2.75) is 20.5 Å². The van der Waals surface area contributed by atoms with Gasteiger partial charge < -0.3 is 9.47 Å². The Bertz CT molecular complexity index is 633. The van der Waals surface area contributed by atoms with Crippen LogP contribution in [-0.2, 0) is 16.1 Å². The molecule has 2 rings (SSSR count). The third-order valence-electron chi connectivity index (χ3n) is 2.96. The molecule has 0 unspecified atom stereocenters. The molecular weight excluding hydrogens is 290 g/mol. The van der Waals surface area contributed by atoms with Crippen molar-refractivity contribution < 1.29 is 14.3 Å². The van der Waals surface area contributed by atoms with Gasteiger partial charge >= 0.3 is 5.97 Å². The summed E-state index contributed by atoms with van der Waals surface area (Å²) >= 11 is 0. The molecule has 4 heteroatoms. The number of esters is 1. The van der Waals surface area contributed by atoms with Crippen molar-refractivity contribution in [2.24, 2.45) is 5.92 Å². The molecular formula is C19H21NO3. The molecule has 1 heterocycles. The standard InChI is InChI=1S/C19H21NO3/c1-15(2)13-23-19(21)11-9-17-8-10-18(12-20-17)22-14-16-6-4-3-5-7-16/h3-12,15H,13-14H2,1-2H3/b11-9-. The Labute approximate surface area is 136 Å². The minimum Gasteiger partial charge on any atom is -0.487 e. The van der Waals surface area contributed by atoms with Crippen LogP contribution in [0.3, 0.4) is 0 Å². The largest absolute Gasteiger partial charge is 0.487 e. The number of carbonyl (C=O) groups is 1. The maximum Gasteiger partial charge on any atom is 0.330 e. The van der Waals surface area contributed by atoms with Gasteiger partial charge in [-0.1, -0.05) is 44.2 Å². The Morgan fingerprint density at radius 3 is 2.61 bits per heavy atom. The summed E-state index contributed by atoms with van der Waals surface area (Å²) < 4.78 is 10.7. The van der Waals surface area contributed by atoms with Gasteiger partial charge in [0.1, 0.15) is 12.4 Å². The van der Waals surface area contributed by atoms with E-state index in [9.17, 15) is 4.79 Å². The number of carbonyl (C=O) groups excluding carboxylic acids is 1. The molecule has 0 fully saturated rings. The molecule has 0 aliphatic rings. The molecule has 23 heavy (non-hydrogen) atoms. The fourth-order valence-corrected chi connectivity index (χ4v) is 1.77. The van der Waals surface area contributed by atoms with Gasteiger partial charge in [0.15, 0.2) is 0 Å². The zero-order valence-corrected chi connectivity index (χ0v) is 13.4. The number of hydrogen-bond donors (Lipinski definition) is 0. The average Bonchev–Trinajstić information content (AvgIpc) is 2.58. The Morgan fingerprint density at radius 1 is 1.17 bits per heavy atom. The van der Waals surface area contributed by atoms with Crippen LogP contribution in [0.1, 0.15) is 25.1 Å². The topological polar surface area (TPSA) is 48.4 Å². The van der Waals surface area contributed by atoms with Crippen LogP contribution in [0.2, 0.25) is 0 Å². The predicted octanol–water partition coefficient (Wildman–Crippen LogP) is 3.87. The van der Waals surface area contributed by atoms with Crippen LogP contribution in [0.4, 0.5) is 0 Å². The van der Waals surface area contributed by atoms with Crippen LogP contribution in [-0.4, -0.2) is 17.6 Å².